The summed E-state index contributed by atoms with van der Waals surface area (Å²) in [5.74, 6) is 2.50. The molecule has 3 nitrogen and oxygen atoms in total. The van der Waals surface area contributed by atoms with Crippen LogP contribution in [0.15, 0.2) is 0 Å². The summed E-state index contributed by atoms with van der Waals surface area (Å²) in [6.45, 7) is 9.15. The van der Waals surface area contributed by atoms with Crippen LogP contribution in [0.2, 0.25) is 0 Å². The summed E-state index contributed by atoms with van der Waals surface area (Å²) >= 11 is 0. The molecule has 2 fully saturated rings. The largest absolute Gasteiger partial charge is 0.381 e. The van der Waals surface area contributed by atoms with Gasteiger partial charge in [0, 0.05) is 32.3 Å². The van der Waals surface area contributed by atoms with E-state index in [1.54, 1.807) is 0 Å². The first-order chi connectivity index (χ1) is 9.56. The second-order valence-electron chi connectivity index (χ2n) is 7.40. The van der Waals surface area contributed by atoms with Gasteiger partial charge in [0.15, 0.2) is 0 Å². The zero-order valence-corrected chi connectivity index (χ0v) is 13.8. The molecular weight excluding hydrogens is 248 g/mol. The maximum Gasteiger partial charge on any atom is 0.0599 e. The minimum absolute atomic E-state index is 0.415. The number of rotatable bonds is 4. The lowest BCUT2D eigenvalue weighted by Crippen LogP contribution is -2.56. The zero-order valence-electron chi connectivity index (χ0n) is 13.8. The van der Waals surface area contributed by atoms with E-state index in [2.05, 4.69) is 25.7 Å². The van der Waals surface area contributed by atoms with Crippen molar-refractivity contribution in [2.45, 2.75) is 71.1 Å². The van der Waals surface area contributed by atoms with E-state index < -0.39 is 0 Å². The molecule has 118 valence electrons. The number of ether oxygens (including phenoxy) is 1. The van der Waals surface area contributed by atoms with E-state index in [1.807, 2.05) is 7.11 Å². The monoisotopic (exact) mass is 282 g/mol. The average Bonchev–Trinajstić information content (AvgIpc) is 2.46. The molecule has 2 rings (SSSR count). The van der Waals surface area contributed by atoms with Crippen molar-refractivity contribution < 1.29 is 4.74 Å². The van der Waals surface area contributed by atoms with Crippen LogP contribution in [0.25, 0.3) is 0 Å². The van der Waals surface area contributed by atoms with Gasteiger partial charge in [0.05, 0.1) is 6.10 Å². The highest BCUT2D eigenvalue weighted by Crippen LogP contribution is 2.38. The van der Waals surface area contributed by atoms with Gasteiger partial charge in [-0.3, -0.25) is 4.90 Å². The minimum atomic E-state index is 0.415. The number of hydrogen-bond acceptors (Lipinski definition) is 3. The molecular formula is C17H34N2O. The number of hydrogen-bond donors (Lipinski definition) is 1. The van der Waals surface area contributed by atoms with E-state index in [1.165, 1.54) is 32.2 Å². The third-order valence-electron chi connectivity index (χ3n) is 5.73. The Morgan fingerprint density at radius 1 is 1.20 bits per heavy atom. The van der Waals surface area contributed by atoms with Gasteiger partial charge in [-0.1, -0.05) is 27.2 Å². The molecule has 0 aromatic rings. The minimum Gasteiger partial charge on any atom is -0.381 e. The van der Waals surface area contributed by atoms with Gasteiger partial charge in [0.2, 0.25) is 0 Å². The topological polar surface area (TPSA) is 38.5 Å². The fourth-order valence-electron chi connectivity index (χ4n) is 4.45. The third-order valence-corrected chi connectivity index (χ3v) is 5.73. The van der Waals surface area contributed by atoms with Crippen molar-refractivity contribution in [1.82, 2.24) is 4.90 Å². The lowest BCUT2D eigenvalue weighted by atomic mass is 9.72. The highest BCUT2D eigenvalue weighted by Gasteiger charge is 2.39. The Morgan fingerprint density at radius 3 is 2.55 bits per heavy atom. The molecule has 20 heavy (non-hydrogen) atoms. The second kappa shape index (κ2) is 7.24. The molecule has 3 heteroatoms. The Bertz CT molecular complexity index is 295. The van der Waals surface area contributed by atoms with E-state index in [-0.39, 0.29) is 0 Å². The SMILES string of the molecule is COC1CCN(C2CC(C)CCC2C(C)C)C(CN)C1. The normalized spacial score (nSPS) is 40.2. The van der Waals surface area contributed by atoms with E-state index >= 15 is 0 Å². The van der Waals surface area contributed by atoms with Crippen LogP contribution in [0.5, 0.6) is 0 Å². The number of nitrogens with zero attached hydrogens (tertiary/aromatic N) is 1. The maximum absolute atomic E-state index is 6.08. The fraction of sp³-hybridized carbons (Fsp3) is 1.00. The molecule has 1 saturated carbocycles. The molecule has 1 saturated heterocycles. The number of piperidine rings is 1. The van der Waals surface area contributed by atoms with Gasteiger partial charge < -0.3 is 10.5 Å². The predicted molar refractivity (Wildman–Crippen MR) is 84.7 cm³/mol. The van der Waals surface area contributed by atoms with Crippen LogP contribution in [0.4, 0.5) is 0 Å². The Hall–Kier alpha value is -0.120. The number of nitrogens with two attached hydrogens (primary N) is 1. The summed E-state index contributed by atoms with van der Waals surface area (Å²) in [6, 6.07) is 1.26. The third kappa shape index (κ3) is 3.55. The lowest BCUT2D eigenvalue weighted by molar-refractivity contribution is -0.0368. The van der Waals surface area contributed by atoms with Crippen LogP contribution in [-0.2, 0) is 4.74 Å². The summed E-state index contributed by atoms with van der Waals surface area (Å²) < 4.78 is 5.57. The smallest absolute Gasteiger partial charge is 0.0599 e. The van der Waals surface area contributed by atoms with Crippen LogP contribution in [0.1, 0.15) is 52.9 Å². The first-order valence-electron chi connectivity index (χ1n) is 8.55. The van der Waals surface area contributed by atoms with Crippen LogP contribution in [0, 0.1) is 17.8 Å². The Labute approximate surface area is 125 Å². The summed E-state index contributed by atoms with van der Waals surface area (Å²) in [5, 5.41) is 0. The molecule has 2 N–H and O–H groups in total. The fourth-order valence-corrected chi connectivity index (χ4v) is 4.45. The predicted octanol–water partition coefficient (Wildman–Crippen LogP) is 2.89. The van der Waals surface area contributed by atoms with Crippen molar-refractivity contribution in [2.75, 3.05) is 20.2 Å². The first-order valence-corrected chi connectivity index (χ1v) is 8.55. The van der Waals surface area contributed by atoms with Crippen LogP contribution in [0.3, 0.4) is 0 Å². The van der Waals surface area contributed by atoms with Crippen LogP contribution in [-0.4, -0.2) is 43.3 Å². The van der Waals surface area contributed by atoms with Crippen molar-refractivity contribution in [1.29, 1.82) is 0 Å². The highest BCUT2D eigenvalue weighted by atomic mass is 16.5. The molecule has 0 aromatic heterocycles. The van der Waals surface area contributed by atoms with Crippen molar-refractivity contribution in [2.24, 2.45) is 23.5 Å². The van der Waals surface area contributed by atoms with Crippen molar-refractivity contribution >= 4 is 0 Å². The molecule has 2 aliphatic rings. The molecule has 0 bridgehead atoms. The van der Waals surface area contributed by atoms with Crippen molar-refractivity contribution in [3.8, 4) is 0 Å². The zero-order chi connectivity index (χ0) is 14.7. The summed E-state index contributed by atoms with van der Waals surface area (Å²) in [7, 11) is 1.84. The molecule has 0 radical (unpaired) electrons. The van der Waals surface area contributed by atoms with Gasteiger partial charge in [-0.05, 0) is 43.4 Å². The quantitative estimate of drug-likeness (QED) is 0.861. The Kier molecular flexibility index (Phi) is 5.88. The van der Waals surface area contributed by atoms with Gasteiger partial charge in [-0.25, -0.2) is 0 Å². The van der Waals surface area contributed by atoms with Crippen LogP contribution < -0.4 is 5.73 Å². The van der Waals surface area contributed by atoms with E-state index in [4.69, 9.17) is 10.5 Å². The van der Waals surface area contributed by atoms with E-state index in [9.17, 15) is 0 Å². The number of methoxy groups -OCH3 is 1. The first kappa shape index (κ1) is 16.3. The molecule has 1 aliphatic heterocycles. The lowest BCUT2D eigenvalue weighted by Gasteiger charge is -2.49. The van der Waals surface area contributed by atoms with Crippen LogP contribution >= 0.6 is 0 Å². The highest BCUT2D eigenvalue weighted by molar-refractivity contribution is 4.93. The maximum atomic E-state index is 6.08. The van der Waals surface area contributed by atoms with Gasteiger partial charge in [-0.15, -0.1) is 0 Å². The van der Waals surface area contributed by atoms with Crippen molar-refractivity contribution in [3.05, 3.63) is 0 Å². The van der Waals surface area contributed by atoms with Gasteiger partial charge in [0.1, 0.15) is 0 Å². The van der Waals surface area contributed by atoms with Gasteiger partial charge >= 0.3 is 0 Å². The number of likely N-dealkylation sites (tertiary alicyclic amines) is 1. The van der Waals surface area contributed by atoms with Gasteiger partial charge in [-0.2, -0.15) is 0 Å². The molecule has 1 heterocycles. The Balaban J connectivity index is 2.09. The Morgan fingerprint density at radius 2 is 1.95 bits per heavy atom. The average molecular weight is 282 g/mol. The molecule has 5 unspecified atom stereocenters. The molecule has 0 spiro atoms. The molecule has 0 amide bonds. The molecule has 1 aliphatic carbocycles. The van der Waals surface area contributed by atoms with Crippen molar-refractivity contribution in [3.63, 3.8) is 0 Å². The summed E-state index contributed by atoms with van der Waals surface area (Å²) in [4.78, 5) is 2.75. The standard InChI is InChI=1S/C17H34N2O/c1-12(2)16-6-5-13(3)9-17(16)19-8-7-15(20-4)10-14(19)11-18/h12-17H,5-11,18H2,1-4H3. The summed E-state index contributed by atoms with van der Waals surface area (Å²) in [5.41, 5.74) is 6.08. The van der Waals surface area contributed by atoms with E-state index in [0.29, 0.717) is 12.1 Å². The van der Waals surface area contributed by atoms with Gasteiger partial charge in [0.25, 0.3) is 0 Å². The molecule has 0 aromatic carbocycles. The van der Waals surface area contributed by atoms with E-state index in [0.717, 1.165) is 36.8 Å². The summed E-state index contributed by atoms with van der Waals surface area (Å²) in [6.07, 6.45) is 6.85. The second-order valence-corrected chi connectivity index (χ2v) is 7.40. The molecule has 5 atom stereocenters.